The molecule has 4 heteroatoms. The molecule has 0 radical (unpaired) electrons. The molecule has 1 saturated heterocycles. The Hall–Kier alpha value is -0.970. The van der Waals surface area contributed by atoms with Crippen molar-refractivity contribution in [2.45, 2.75) is 19.4 Å². The highest BCUT2D eigenvalue weighted by atomic mass is 15.2. The van der Waals surface area contributed by atoms with Crippen molar-refractivity contribution in [3.05, 3.63) is 30.1 Å². The smallest absolute Gasteiger partial charge is 0.0312 e. The van der Waals surface area contributed by atoms with Crippen LogP contribution >= 0.6 is 0 Å². The first-order valence-corrected chi connectivity index (χ1v) is 6.92. The molecule has 0 atom stereocenters. The summed E-state index contributed by atoms with van der Waals surface area (Å²) in [4.78, 5) is 9.24. The minimum atomic E-state index is 0.801. The second-order valence-corrected chi connectivity index (χ2v) is 4.97. The maximum atomic E-state index is 5.57. The van der Waals surface area contributed by atoms with Crippen molar-refractivity contribution in [3.8, 4) is 0 Å². The molecule has 18 heavy (non-hydrogen) atoms. The Bertz CT molecular complexity index is 328. The molecule has 1 fully saturated rings. The molecular weight excluding hydrogens is 224 g/mol. The van der Waals surface area contributed by atoms with Crippen molar-refractivity contribution in [2.75, 3.05) is 39.3 Å². The zero-order valence-corrected chi connectivity index (χ0v) is 11.1. The standard InChI is InChI=1S/C14H24N4/c15-5-2-7-17-8-3-9-18(11-10-17)13-14-4-1-6-16-12-14/h1,4,6,12H,2-3,5,7-11,13,15H2. The zero-order valence-electron chi connectivity index (χ0n) is 11.1. The summed E-state index contributed by atoms with van der Waals surface area (Å²) in [6, 6.07) is 4.17. The van der Waals surface area contributed by atoms with Crippen LogP contribution in [-0.4, -0.2) is 54.1 Å². The molecule has 1 aliphatic rings. The molecule has 2 N–H and O–H groups in total. The van der Waals surface area contributed by atoms with Crippen molar-refractivity contribution >= 4 is 0 Å². The first-order chi connectivity index (χ1) is 8.88. The molecule has 2 heterocycles. The molecule has 100 valence electrons. The molecule has 4 nitrogen and oxygen atoms in total. The number of aromatic nitrogens is 1. The van der Waals surface area contributed by atoms with E-state index >= 15 is 0 Å². The van der Waals surface area contributed by atoms with Gasteiger partial charge in [0, 0.05) is 32.0 Å². The van der Waals surface area contributed by atoms with Gasteiger partial charge in [-0.05, 0) is 50.7 Å². The lowest BCUT2D eigenvalue weighted by molar-refractivity contribution is 0.250. The Labute approximate surface area is 110 Å². The molecular formula is C14H24N4. The van der Waals surface area contributed by atoms with Crippen LogP contribution in [0.15, 0.2) is 24.5 Å². The number of rotatable bonds is 5. The molecule has 0 saturated carbocycles. The first-order valence-electron chi connectivity index (χ1n) is 6.92. The van der Waals surface area contributed by atoms with Crippen molar-refractivity contribution in [2.24, 2.45) is 5.73 Å². The van der Waals surface area contributed by atoms with Gasteiger partial charge in [-0.3, -0.25) is 9.88 Å². The zero-order chi connectivity index (χ0) is 12.6. The fourth-order valence-corrected chi connectivity index (χ4v) is 2.47. The third kappa shape index (κ3) is 4.37. The minimum absolute atomic E-state index is 0.801. The lowest BCUT2D eigenvalue weighted by Crippen LogP contribution is -2.31. The maximum absolute atomic E-state index is 5.57. The Kier molecular flexibility index (Phi) is 5.58. The number of hydrogen-bond acceptors (Lipinski definition) is 4. The molecule has 1 aromatic rings. The second-order valence-electron chi connectivity index (χ2n) is 4.97. The lowest BCUT2D eigenvalue weighted by atomic mass is 10.2. The predicted molar refractivity (Wildman–Crippen MR) is 74.2 cm³/mol. The summed E-state index contributed by atoms with van der Waals surface area (Å²) in [5, 5.41) is 0. The van der Waals surface area contributed by atoms with Crippen molar-refractivity contribution in [3.63, 3.8) is 0 Å². The lowest BCUT2D eigenvalue weighted by Gasteiger charge is -2.21. The highest BCUT2D eigenvalue weighted by molar-refractivity contribution is 5.08. The van der Waals surface area contributed by atoms with Gasteiger partial charge in [0.15, 0.2) is 0 Å². The van der Waals surface area contributed by atoms with Crippen molar-refractivity contribution in [1.82, 2.24) is 14.8 Å². The highest BCUT2D eigenvalue weighted by Crippen LogP contribution is 2.08. The summed E-state index contributed by atoms with van der Waals surface area (Å²) in [6.07, 6.45) is 6.17. The fourth-order valence-electron chi connectivity index (χ4n) is 2.47. The number of nitrogens with two attached hydrogens (primary N) is 1. The van der Waals surface area contributed by atoms with Crippen LogP contribution in [0.25, 0.3) is 0 Å². The predicted octanol–water partition coefficient (Wildman–Crippen LogP) is 0.938. The van der Waals surface area contributed by atoms with E-state index in [-0.39, 0.29) is 0 Å². The molecule has 0 unspecified atom stereocenters. The Balaban J connectivity index is 1.78. The maximum Gasteiger partial charge on any atom is 0.0312 e. The normalized spacial score (nSPS) is 18.7. The van der Waals surface area contributed by atoms with Gasteiger partial charge in [0.2, 0.25) is 0 Å². The summed E-state index contributed by atoms with van der Waals surface area (Å²) in [5.74, 6) is 0. The van der Waals surface area contributed by atoms with E-state index in [9.17, 15) is 0 Å². The summed E-state index contributed by atoms with van der Waals surface area (Å²) >= 11 is 0. The van der Waals surface area contributed by atoms with Crippen LogP contribution in [0.2, 0.25) is 0 Å². The summed E-state index contributed by atoms with van der Waals surface area (Å²) < 4.78 is 0. The number of nitrogens with zero attached hydrogens (tertiary/aromatic N) is 3. The molecule has 1 aliphatic heterocycles. The van der Waals surface area contributed by atoms with E-state index in [2.05, 4.69) is 20.9 Å². The molecule has 0 aliphatic carbocycles. The van der Waals surface area contributed by atoms with Gasteiger partial charge >= 0.3 is 0 Å². The van der Waals surface area contributed by atoms with E-state index in [1.807, 2.05) is 18.5 Å². The van der Waals surface area contributed by atoms with E-state index in [1.165, 1.54) is 31.6 Å². The fraction of sp³-hybridized carbons (Fsp3) is 0.643. The average molecular weight is 248 g/mol. The van der Waals surface area contributed by atoms with Crippen LogP contribution in [-0.2, 0) is 6.54 Å². The summed E-state index contributed by atoms with van der Waals surface area (Å²) in [6.45, 7) is 7.70. The third-order valence-corrected chi connectivity index (χ3v) is 3.49. The minimum Gasteiger partial charge on any atom is -0.330 e. The van der Waals surface area contributed by atoms with Gasteiger partial charge in [0.25, 0.3) is 0 Å². The SMILES string of the molecule is NCCCN1CCCN(Cc2cccnc2)CC1. The number of pyridine rings is 1. The van der Waals surface area contributed by atoms with Crippen molar-refractivity contribution < 1.29 is 0 Å². The Morgan fingerprint density at radius 3 is 2.78 bits per heavy atom. The van der Waals surface area contributed by atoms with E-state index in [0.29, 0.717) is 0 Å². The third-order valence-electron chi connectivity index (χ3n) is 3.49. The topological polar surface area (TPSA) is 45.4 Å². The first kappa shape index (κ1) is 13.5. The molecule has 0 spiro atoms. The van der Waals surface area contributed by atoms with E-state index in [0.717, 1.165) is 32.6 Å². The van der Waals surface area contributed by atoms with E-state index in [1.54, 1.807) is 0 Å². The Morgan fingerprint density at radius 2 is 2.00 bits per heavy atom. The van der Waals surface area contributed by atoms with Gasteiger partial charge in [-0.2, -0.15) is 0 Å². The van der Waals surface area contributed by atoms with Crippen LogP contribution in [0.1, 0.15) is 18.4 Å². The van der Waals surface area contributed by atoms with Gasteiger partial charge in [0.05, 0.1) is 0 Å². The Morgan fingerprint density at radius 1 is 1.17 bits per heavy atom. The van der Waals surface area contributed by atoms with Crippen LogP contribution in [0.4, 0.5) is 0 Å². The van der Waals surface area contributed by atoms with Crippen LogP contribution in [0, 0.1) is 0 Å². The highest BCUT2D eigenvalue weighted by Gasteiger charge is 2.14. The van der Waals surface area contributed by atoms with Gasteiger partial charge in [-0.15, -0.1) is 0 Å². The monoisotopic (exact) mass is 248 g/mol. The molecule has 2 rings (SSSR count). The second kappa shape index (κ2) is 7.46. The molecule has 0 aromatic carbocycles. The van der Waals surface area contributed by atoms with Gasteiger partial charge in [0.1, 0.15) is 0 Å². The number of hydrogen-bond donors (Lipinski definition) is 1. The quantitative estimate of drug-likeness (QED) is 0.842. The molecule has 1 aromatic heterocycles. The van der Waals surface area contributed by atoms with Crippen LogP contribution < -0.4 is 5.73 Å². The van der Waals surface area contributed by atoms with Gasteiger partial charge < -0.3 is 10.6 Å². The van der Waals surface area contributed by atoms with Crippen LogP contribution in [0.3, 0.4) is 0 Å². The summed E-state index contributed by atoms with van der Waals surface area (Å²) in [7, 11) is 0. The van der Waals surface area contributed by atoms with Crippen molar-refractivity contribution in [1.29, 1.82) is 0 Å². The van der Waals surface area contributed by atoms with Gasteiger partial charge in [-0.25, -0.2) is 0 Å². The summed E-state index contributed by atoms with van der Waals surface area (Å²) in [5.41, 5.74) is 6.88. The average Bonchev–Trinajstić information content (AvgIpc) is 2.63. The largest absolute Gasteiger partial charge is 0.330 e. The molecule has 0 bridgehead atoms. The van der Waals surface area contributed by atoms with Gasteiger partial charge in [-0.1, -0.05) is 6.07 Å². The van der Waals surface area contributed by atoms with E-state index in [4.69, 9.17) is 5.73 Å². The molecule has 0 amide bonds. The van der Waals surface area contributed by atoms with E-state index < -0.39 is 0 Å². The van der Waals surface area contributed by atoms with Crippen LogP contribution in [0.5, 0.6) is 0 Å².